The molecule has 3 rings (SSSR count). The third kappa shape index (κ3) is 3.46. The highest BCUT2D eigenvalue weighted by molar-refractivity contribution is 7.92. The molecule has 1 aliphatic heterocycles. The van der Waals surface area contributed by atoms with Crippen molar-refractivity contribution in [2.24, 2.45) is 0 Å². The van der Waals surface area contributed by atoms with E-state index < -0.39 is 10.0 Å². The summed E-state index contributed by atoms with van der Waals surface area (Å²) in [5.74, 6) is 0.288. The molecule has 1 heterocycles. The lowest BCUT2D eigenvalue weighted by Crippen LogP contribution is -2.42. The second-order valence-corrected chi connectivity index (χ2v) is 7.58. The molecule has 7 heteroatoms. The number of likely N-dealkylation sites (tertiary alicyclic amines) is 1. The van der Waals surface area contributed by atoms with Gasteiger partial charge in [-0.1, -0.05) is 18.2 Å². The minimum atomic E-state index is -3.85. The standard InChI is InChI=1S/C18H20N2O4S/c1-13-8-9-14(18(21)20-10-5-11-20)12-17(13)25(22,23)19-15-6-3-4-7-16(15)24-2/h3-4,6-9,12,19H,5,10-11H2,1-2H3. The summed E-state index contributed by atoms with van der Waals surface area (Å²) in [6.07, 6.45) is 0.984. The Labute approximate surface area is 147 Å². The van der Waals surface area contributed by atoms with Gasteiger partial charge in [0.1, 0.15) is 5.75 Å². The predicted molar refractivity (Wildman–Crippen MR) is 95.5 cm³/mol. The molecule has 25 heavy (non-hydrogen) atoms. The van der Waals surface area contributed by atoms with Crippen molar-refractivity contribution in [2.75, 3.05) is 24.9 Å². The molecular formula is C18H20N2O4S. The van der Waals surface area contributed by atoms with E-state index in [1.165, 1.54) is 13.2 Å². The van der Waals surface area contributed by atoms with E-state index in [4.69, 9.17) is 4.74 Å². The van der Waals surface area contributed by atoms with E-state index >= 15 is 0 Å². The molecule has 1 fully saturated rings. The van der Waals surface area contributed by atoms with Crippen LogP contribution >= 0.6 is 0 Å². The first-order valence-electron chi connectivity index (χ1n) is 7.98. The topological polar surface area (TPSA) is 75.7 Å². The highest BCUT2D eigenvalue weighted by atomic mass is 32.2. The van der Waals surface area contributed by atoms with Gasteiger partial charge in [-0.05, 0) is 43.2 Å². The lowest BCUT2D eigenvalue weighted by atomic mass is 10.1. The van der Waals surface area contributed by atoms with Crippen molar-refractivity contribution in [3.05, 3.63) is 53.6 Å². The number of para-hydroxylation sites is 2. The summed E-state index contributed by atoms with van der Waals surface area (Å²) in [4.78, 5) is 14.2. The van der Waals surface area contributed by atoms with Crippen molar-refractivity contribution in [1.82, 2.24) is 4.90 Å². The van der Waals surface area contributed by atoms with Crippen LogP contribution in [0.2, 0.25) is 0 Å². The van der Waals surface area contributed by atoms with Crippen LogP contribution in [-0.2, 0) is 10.0 Å². The summed E-state index contributed by atoms with van der Waals surface area (Å²) in [5, 5.41) is 0. The number of methoxy groups -OCH3 is 1. The van der Waals surface area contributed by atoms with Crippen LogP contribution in [0.4, 0.5) is 5.69 Å². The summed E-state index contributed by atoms with van der Waals surface area (Å²) >= 11 is 0. The van der Waals surface area contributed by atoms with Gasteiger partial charge in [-0.25, -0.2) is 8.42 Å². The molecule has 1 saturated heterocycles. The van der Waals surface area contributed by atoms with E-state index in [0.717, 1.165) is 6.42 Å². The number of aryl methyl sites for hydroxylation is 1. The number of carbonyl (C=O) groups excluding carboxylic acids is 1. The van der Waals surface area contributed by atoms with Crippen molar-refractivity contribution < 1.29 is 17.9 Å². The average Bonchev–Trinajstić information content (AvgIpc) is 2.53. The normalized spacial score (nSPS) is 13.9. The Morgan fingerprint density at radius 1 is 1.16 bits per heavy atom. The number of benzene rings is 2. The zero-order valence-corrected chi connectivity index (χ0v) is 15.0. The number of sulfonamides is 1. The summed E-state index contributed by atoms with van der Waals surface area (Å²) in [5.41, 5.74) is 1.30. The molecular weight excluding hydrogens is 340 g/mol. The van der Waals surface area contributed by atoms with Crippen LogP contribution in [0.25, 0.3) is 0 Å². The first-order valence-corrected chi connectivity index (χ1v) is 9.46. The first kappa shape index (κ1) is 17.3. The van der Waals surface area contributed by atoms with Gasteiger partial charge >= 0.3 is 0 Å². The predicted octanol–water partition coefficient (Wildman–Crippen LogP) is 2.65. The summed E-state index contributed by atoms with van der Waals surface area (Å²) < 4.78 is 33.4. The van der Waals surface area contributed by atoms with E-state index in [9.17, 15) is 13.2 Å². The fourth-order valence-electron chi connectivity index (χ4n) is 2.65. The Bertz CT molecular complexity index is 905. The van der Waals surface area contributed by atoms with E-state index in [1.807, 2.05) is 0 Å². The van der Waals surface area contributed by atoms with Crippen LogP contribution in [0.5, 0.6) is 5.75 Å². The largest absolute Gasteiger partial charge is 0.495 e. The number of carbonyl (C=O) groups is 1. The van der Waals surface area contributed by atoms with Crippen LogP contribution in [0.15, 0.2) is 47.4 Å². The summed E-state index contributed by atoms with van der Waals surface area (Å²) in [7, 11) is -2.37. The molecule has 1 N–H and O–H groups in total. The maximum Gasteiger partial charge on any atom is 0.262 e. The Morgan fingerprint density at radius 2 is 1.88 bits per heavy atom. The summed E-state index contributed by atoms with van der Waals surface area (Å²) in [6, 6.07) is 11.5. The number of hydrogen-bond acceptors (Lipinski definition) is 4. The first-order chi connectivity index (χ1) is 11.9. The second-order valence-electron chi connectivity index (χ2n) is 5.93. The van der Waals surface area contributed by atoms with Gasteiger partial charge < -0.3 is 9.64 Å². The second kappa shape index (κ2) is 6.76. The number of ether oxygens (including phenoxy) is 1. The van der Waals surface area contributed by atoms with Crippen molar-refractivity contribution in [3.63, 3.8) is 0 Å². The fourth-order valence-corrected chi connectivity index (χ4v) is 4.00. The molecule has 2 aromatic rings. The molecule has 1 amide bonds. The Balaban J connectivity index is 1.95. The number of amides is 1. The number of rotatable bonds is 5. The van der Waals surface area contributed by atoms with Gasteiger partial charge in [0.2, 0.25) is 0 Å². The maximum absolute atomic E-state index is 12.8. The fraction of sp³-hybridized carbons (Fsp3) is 0.278. The van der Waals surface area contributed by atoms with Gasteiger partial charge in [0.05, 0.1) is 17.7 Å². The molecule has 0 spiro atoms. The van der Waals surface area contributed by atoms with E-state index in [2.05, 4.69) is 4.72 Å². The van der Waals surface area contributed by atoms with E-state index in [-0.39, 0.29) is 10.8 Å². The smallest absolute Gasteiger partial charge is 0.262 e. The molecule has 132 valence electrons. The molecule has 0 aromatic heterocycles. The number of nitrogens with one attached hydrogen (secondary N) is 1. The van der Waals surface area contributed by atoms with Crippen molar-refractivity contribution in [1.29, 1.82) is 0 Å². The van der Waals surface area contributed by atoms with Crippen LogP contribution in [0, 0.1) is 6.92 Å². The van der Waals surface area contributed by atoms with Crippen LogP contribution in [0.3, 0.4) is 0 Å². The van der Waals surface area contributed by atoms with Crippen LogP contribution in [0.1, 0.15) is 22.3 Å². The molecule has 2 aromatic carbocycles. The van der Waals surface area contributed by atoms with Gasteiger partial charge in [0.25, 0.3) is 15.9 Å². The highest BCUT2D eigenvalue weighted by Crippen LogP contribution is 2.28. The quantitative estimate of drug-likeness (QED) is 0.889. The lowest BCUT2D eigenvalue weighted by molar-refractivity contribution is 0.0651. The Hall–Kier alpha value is -2.54. The molecule has 1 aliphatic rings. The lowest BCUT2D eigenvalue weighted by Gasteiger charge is -2.31. The van der Waals surface area contributed by atoms with E-state index in [0.29, 0.717) is 35.7 Å². The van der Waals surface area contributed by atoms with Gasteiger partial charge in [0.15, 0.2) is 0 Å². The van der Waals surface area contributed by atoms with Gasteiger partial charge in [-0.2, -0.15) is 0 Å². The van der Waals surface area contributed by atoms with Crippen LogP contribution < -0.4 is 9.46 Å². The monoisotopic (exact) mass is 360 g/mol. The van der Waals surface area contributed by atoms with Gasteiger partial charge in [0, 0.05) is 18.7 Å². The molecule has 0 atom stereocenters. The third-order valence-corrected chi connectivity index (χ3v) is 5.73. The Kier molecular flexibility index (Phi) is 4.67. The zero-order valence-electron chi connectivity index (χ0n) is 14.2. The van der Waals surface area contributed by atoms with Crippen molar-refractivity contribution >= 4 is 21.6 Å². The van der Waals surface area contributed by atoms with Crippen LogP contribution in [-0.4, -0.2) is 39.4 Å². The highest BCUT2D eigenvalue weighted by Gasteiger charge is 2.25. The SMILES string of the molecule is COc1ccccc1NS(=O)(=O)c1cc(C(=O)N2CCC2)ccc1C. The molecule has 6 nitrogen and oxygen atoms in total. The Morgan fingerprint density at radius 3 is 2.52 bits per heavy atom. The molecule has 0 unspecified atom stereocenters. The number of nitrogens with zero attached hydrogens (tertiary/aromatic N) is 1. The maximum atomic E-state index is 12.8. The number of hydrogen-bond donors (Lipinski definition) is 1. The van der Waals surface area contributed by atoms with Gasteiger partial charge in [-0.15, -0.1) is 0 Å². The molecule has 0 radical (unpaired) electrons. The molecule has 0 aliphatic carbocycles. The molecule has 0 saturated carbocycles. The van der Waals surface area contributed by atoms with Crippen molar-refractivity contribution in [2.45, 2.75) is 18.2 Å². The minimum Gasteiger partial charge on any atom is -0.495 e. The average molecular weight is 360 g/mol. The zero-order chi connectivity index (χ0) is 18.0. The van der Waals surface area contributed by atoms with Crippen molar-refractivity contribution in [3.8, 4) is 5.75 Å². The number of anilines is 1. The van der Waals surface area contributed by atoms with E-state index in [1.54, 1.807) is 48.2 Å². The third-order valence-electron chi connectivity index (χ3n) is 4.22. The minimum absolute atomic E-state index is 0.0878. The summed E-state index contributed by atoms with van der Waals surface area (Å²) in [6.45, 7) is 3.14. The van der Waals surface area contributed by atoms with Gasteiger partial charge in [-0.3, -0.25) is 9.52 Å². The molecule has 0 bridgehead atoms.